The Labute approximate surface area is 257 Å². The Hall–Kier alpha value is -4.61. The second-order valence-electron chi connectivity index (χ2n) is 12.1. The van der Waals surface area contributed by atoms with Crippen molar-refractivity contribution in [3.63, 3.8) is 0 Å². The summed E-state index contributed by atoms with van der Waals surface area (Å²) in [5.74, 6) is -5.20. The van der Waals surface area contributed by atoms with E-state index in [1.165, 1.54) is 12.1 Å². The van der Waals surface area contributed by atoms with Crippen LogP contribution in [0.3, 0.4) is 0 Å². The number of benzene rings is 2. The van der Waals surface area contributed by atoms with Gasteiger partial charge in [-0.25, -0.2) is 9.59 Å². The van der Waals surface area contributed by atoms with Gasteiger partial charge in [-0.1, -0.05) is 42.5 Å². The van der Waals surface area contributed by atoms with Gasteiger partial charge < -0.3 is 34.7 Å². The molecule has 12 heteroatoms. The molecule has 0 saturated heterocycles. The Bertz CT molecular complexity index is 1250. The number of nitrogens with one attached hydrogen (secondary N) is 2. The minimum atomic E-state index is -1.62. The summed E-state index contributed by atoms with van der Waals surface area (Å²) in [6, 6.07) is 12.0. The summed E-state index contributed by atoms with van der Waals surface area (Å²) in [6.07, 6.45) is -1.59. The highest BCUT2D eigenvalue weighted by molar-refractivity contribution is 5.97. The molecule has 0 fully saturated rings. The van der Waals surface area contributed by atoms with Crippen molar-refractivity contribution < 1.29 is 48.0 Å². The number of phenolic OH excluding ortho intramolecular Hbond substituents is 1. The fourth-order valence-electron chi connectivity index (χ4n) is 3.88. The van der Waals surface area contributed by atoms with Gasteiger partial charge in [0.15, 0.2) is 5.92 Å². The van der Waals surface area contributed by atoms with Crippen molar-refractivity contribution in [2.24, 2.45) is 5.92 Å². The number of hydrogen-bond donors (Lipinski definition) is 3. The molecule has 2 amide bonds. The van der Waals surface area contributed by atoms with E-state index in [0.29, 0.717) is 11.1 Å². The van der Waals surface area contributed by atoms with E-state index in [-0.39, 0.29) is 18.8 Å². The van der Waals surface area contributed by atoms with Crippen LogP contribution in [0, 0.1) is 5.92 Å². The SMILES string of the molecule is COC(=O)[C@H](Cc1ccc(O)cc1)NC(=O)[C@H](CC(C(=O)OC(C)(C)C)C(=O)OC(C)(C)C)NC(=O)OCc1ccccc1. The molecule has 0 aliphatic carbocycles. The lowest BCUT2D eigenvalue weighted by molar-refractivity contribution is -0.175. The number of carbonyl (C=O) groups excluding carboxylic acids is 5. The number of aromatic hydroxyl groups is 1. The van der Waals surface area contributed by atoms with Gasteiger partial charge >= 0.3 is 24.0 Å². The first-order valence-electron chi connectivity index (χ1n) is 14.1. The van der Waals surface area contributed by atoms with Gasteiger partial charge in [0.05, 0.1) is 7.11 Å². The monoisotopic (exact) mass is 614 g/mol. The number of rotatable bonds is 12. The highest BCUT2D eigenvalue weighted by Gasteiger charge is 2.40. The van der Waals surface area contributed by atoms with E-state index in [2.05, 4.69) is 10.6 Å². The molecule has 0 aliphatic heterocycles. The second-order valence-corrected chi connectivity index (χ2v) is 12.1. The van der Waals surface area contributed by atoms with Gasteiger partial charge in [0.1, 0.15) is 35.6 Å². The third kappa shape index (κ3) is 12.7. The summed E-state index contributed by atoms with van der Waals surface area (Å²) in [6.45, 7) is 9.58. The largest absolute Gasteiger partial charge is 0.508 e. The van der Waals surface area contributed by atoms with E-state index in [4.69, 9.17) is 18.9 Å². The molecule has 0 spiro atoms. The van der Waals surface area contributed by atoms with Crippen LogP contribution in [0.5, 0.6) is 5.75 Å². The molecule has 0 bridgehead atoms. The molecule has 0 radical (unpaired) electrons. The van der Waals surface area contributed by atoms with Crippen LogP contribution in [-0.2, 0) is 51.2 Å². The number of ether oxygens (including phenoxy) is 4. The summed E-state index contributed by atoms with van der Waals surface area (Å²) in [5.41, 5.74) is -0.677. The molecule has 3 N–H and O–H groups in total. The number of esters is 3. The van der Waals surface area contributed by atoms with E-state index < -0.39 is 65.5 Å². The lowest BCUT2D eigenvalue weighted by Crippen LogP contribution is -2.54. The molecule has 44 heavy (non-hydrogen) atoms. The molecular weight excluding hydrogens is 572 g/mol. The van der Waals surface area contributed by atoms with Crippen molar-refractivity contribution in [1.29, 1.82) is 0 Å². The predicted octanol–water partition coefficient (Wildman–Crippen LogP) is 3.58. The summed E-state index contributed by atoms with van der Waals surface area (Å²) in [7, 11) is 1.15. The average molecular weight is 615 g/mol. The molecule has 12 nitrogen and oxygen atoms in total. The molecule has 2 aromatic carbocycles. The third-order valence-corrected chi connectivity index (χ3v) is 5.85. The lowest BCUT2D eigenvalue weighted by atomic mass is 9.97. The van der Waals surface area contributed by atoms with Gasteiger partial charge in [-0.2, -0.15) is 0 Å². The van der Waals surface area contributed by atoms with Crippen LogP contribution >= 0.6 is 0 Å². The first-order chi connectivity index (χ1) is 20.5. The number of carbonyl (C=O) groups is 5. The highest BCUT2D eigenvalue weighted by atomic mass is 16.6. The normalized spacial score (nSPS) is 12.8. The highest BCUT2D eigenvalue weighted by Crippen LogP contribution is 2.21. The molecule has 0 unspecified atom stereocenters. The minimum Gasteiger partial charge on any atom is -0.508 e. The summed E-state index contributed by atoms with van der Waals surface area (Å²) in [4.78, 5) is 65.5. The van der Waals surface area contributed by atoms with Crippen molar-refractivity contribution in [2.75, 3.05) is 7.11 Å². The molecule has 2 aromatic rings. The first kappa shape index (κ1) is 35.6. The summed E-state index contributed by atoms with van der Waals surface area (Å²) >= 11 is 0. The van der Waals surface area contributed by atoms with Gasteiger partial charge in [-0.05, 0) is 64.8 Å². The van der Waals surface area contributed by atoms with Crippen molar-refractivity contribution in [3.05, 3.63) is 65.7 Å². The third-order valence-electron chi connectivity index (χ3n) is 5.85. The van der Waals surface area contributed by atoms with E-state index in [1.807, 2.05) is 0 Å². The van der Waals surface area contributed by atoms with Crippen molar-refractivity contribution >= 4 is 29.9 Å². The zero-order valence-electron chi connectivity index (χ0n) is 26.2. The van der Waals surface area contributed by atoms with Gasteiger partial charge in [-0.3, -0.25) is 14.4 Å². The number of alkyl carbamates (subject to hydrolysis) is 1. The fourth-order valence-corrected chi connectivity index (χ4v) is 3.88. The first-order valence-corrected chi connectivity index (χ1v) is 14.1. The Kier molecular flexibility index (Phi) is 12.7. The van der Waals surface area contributed by atoms with E-state index >= 15 is 0 Å². The van der Waals surface area contributed by atoms with Crippen molar-refractivity contribution in [1.82, 2.24) is 10.6 Å². The van der Waals surface area contributed by atoms with Crippen LogP contribution in [0.4, 0.5) is 4.79 Å². The molecule has 0 aliphatic rings. The maximum Gasteiger partial charge on any atom is 0.408 e. The van der Waals surface area contributed by atoms with E-state index in [1.54, 1.807) is 84.0 Å². The molecule has 0 saturated carbocycles. The Morgan fingerprint density at radius 1 is 0.727 bits per heavy atom. The molecule has 2 atom stereocenters. The van der Waals surface area contributed by atoms with Gasteiger partial charge in [0.2, 0.25) is 5.91 Å². The number of hydrogen-bond acceptors (Lipinski definition) is 10. The number of phenols is 1. The Morgan fingerprint density at radius 3 is 1.77 bits per heavy atom. The smallest absolute Gasteiger partial charge is 0.408 e. The van der Waals surface area contributed by atoms with Crippen molar-refractivity contribution in [3.8, 4) is 5.75 Å². The summed E-state index contributed by atoms with van der Waals surface area (Å²) in [5, 5.41) is 14.5. The standard InChI is InChI=1S/C32H42N2O10/c1-31(2,3)43-27(37)23(28(38)44-32(4,5)6)18-24(34-30(40)42-19-21-11-9-8-10-12-21)26(36)33-25(29(39)41-7)17-20-13-15-22(35)16-14-20/h8-16,23-25,35H,17-19H2,1-7H3,(H,33,36)(H,34,40)/t24-,25-/m0/s1. The molecule has 0 heterocycles. The molecule has 2 rings (SSSR count). The number of methoxy groups -OCH3 is 1. The lowest BCUT2D eigenvalue weighted by Gasteiger charge is -2.28. The van der Waals surface area contributed by atoms with E-state index in [9.17, 15) is 29.1 Å². The van der Waals surface area contributed by atoms with Crippen molar-refractivity contribution in [2.45, 2.75) is 84.3 Å². The molecule has 0 aromatic heterocycles. The zero-order chi connectivity index (χ0) is 33.1. The maximum absolute atomic E-state index is 13.6. The van der Waals surface area contributed by atoms with Crippen LogP contribution in [0.25, 0.3) is 0 Å². The Balaban J connectivity index is 2.38. The fraction of sp³-hybridized carbons (Fsp3) is 0.469. The van der Waals surface area contributed by atoms with Crippen LogP contribution < -0.4 is 10.6 Å². The van der Waals surface area contributed by atoms with Crippen LogP contribution in [0.1, 0.15) is 59.1 Å². The van der Waals surface area contributed by atoms with E-state index in [0.717, 1.165) is 7.11 Å². The number of amides is 2. The topological polar surface area (TPSA) is 167 Å². The van der Waals surface area contributed by atoms with Gasteiger partial charge in [-0.15, -0.1) is 0 Å². The molecule has 240 valence electrons. The minimum absolute atomic E-state index is 0.0148. The van der Waals surface area contributed by atoms with Crippen LogP contribution in [0.2, 0.25) is 0 Å². The quantitative estimate of drug-likeness (QED) is 0.183. The maximum atomic E-state index is 13.6. The summed E-state index contributed by atoms with van der Waals surface area (Å²) < 4.78 is 21.0. The van der Waals surface area contributed by atoms with Crippen LogP contribution in [0.15, 0.2) is 54.6 Å². The van der Waals surface area contributed by atoms with Gasteiger partial charge in [0, 0.05) is 12.8 Å². The molecular formula is C32H42N2O10. The zero-order valence-corrected chi connectivity index (χ0v) is 26.2. The second kappa shape index (κ2) is 15.7. The predicted molar refractivity (Wildman–Crippen MR) is 159 cm³/mol. The van der Waals surface area contributed by atoms with Gasteiger partial charge in [0.25, 0.3) is 0 Å². The average Bonchev–Trinajstić information content (AvgIpc) is 2.92. The van der Waals surface area contributed by atoms with Crippen LogP contribution in [-0.4, -0.2) is 65.4 Å². The Morgan fingerprint density at radius 2 is 1.27 bits per heavy atom.